The van der Waals surface area contributed by atoms with Crippen LogP contribution in [-0.2, 0) is 4.79 Å². The summed E-state index contributed by atoms with van der Waals surface area (Å²) in [6.07, 6.45) is 1.80. The van der Waals surface area contributed by atoms with Gasteiger partial charge in [-0.25, -0.2) is 4.79 Å². The van der Waals surface area contributed by atoms with Crippen molar-refractivity contribution in [1.82, 2.24) is 10.2 Å². The fourth-order valence-electron chi connectivity index (χ4n) is 1.46. The highest BCUT2D eigenvalue weighted by Gasteiger charge is 2.20. The van der Waals surface area contributed by atoms with Gasteiger partial charge in [-0.1, -0.05) is 0 Å². The third-order valence-corrected chi connectivity index (χ3v) is 2.14. The van der Waals surface area contributed by atoms with Gasteiger partial charge >= 0.3 is 12.0 Å². The van der Waals surface area contributed by atoms with Crippen molar-refractivity contribution in [2.24, 2.45) is 5.73 Å². The normalized spacial score (nSPS) is 21.8. The molecule has 0 bridgehead atoms. The summed E-state index contributed by atoms with van der Waals surface area (Å²) in [5, 5.41) is 10.7. The number of amides is 2. The summed E-state index contributed by atoms with van der Waals surface area (Å²) < 4.78 is 0. The summed E-state index contributed by atoms with van der Waals surface area (Å²) in [6.45, 7) is 0.815. The lowest BCUT2D eigenvalue weighted by molar-refractivity contribution is -0.135. The molecular formula is C8H15N3O3. The largest absolute Gasteiger partial charge is 0.480 e. The van der Waals surface area contributed by atoms with Crippen LogP contribution in [0.1, 0.15) is 12.8 Å². The quantitative estimate of drug-likeness (QED) is 0.545. The molecule has 0 aromatic heterocycles. The van der Waals surface area contributed by atoms with Gasteiger partial charge in [-0.3, -0.25) is 4.79 Å². The number of rotatable bonds is 2. The van der Waals surface area contributed by atoms with Gasteiger partial charge in [-0.2, -0.15) is 0 Å². The Balaban J connectivity index is 2.32. The highest BCUT2D eigenvalue weighted by atomic mass is 16.4. The van der Waals surface area contributed by atoms with Crippen LogP contribution < -0.4 is 11.1 Å². The summed E-state index contributed by atoms with van der Waals surface area (Å²) in [6, 6.07) is -0.332. The molecule has 0 radical (unpaired) electrons. The Morgan fingerprint density at radius 1 is 1.57 bits per heavy atom. The monoisotopic (exact) mass is 201 g/mol. The van der Waals surface area contributed by atoms with Crippen LogP contribution >= 0.6 is 0 Å². The first-order chi connectivity index (χ1) is 6.59. The number of hydrogen-bond acceptors (Lipinski definition) is 3. The van der Waals surface area contributed by atoms with Gasteiger partial charge in [0.25, 0.3) is 0 Å². The molecule has 1 aliphatic rings. The standard InChI is InChI=1S/C8H15N3O3/c9-6-2-1-3-11(5-6)8(14)10-4-7(12)13/h6H,1-5,9H2,(H,10,14)(H,12,13). The molecule has 4 N–H and O–H groups in total. The summed E-state index contributed by atoms with van der Waals surface area (Å²) >= 11 is 0. The van der Waals surface area contributed by atoms with Gasteiger partial charge in [-0.15, -0.1) is 0 Å². The lowest BCUT2D eigenvalue weighted by Gasteiger charge is -2.30. The number of likely N-dealkylation sites (tertiary alicyclic amines) is 1. The molecule has 1 unspecified atom stereocenters. The number of carbonyl (C=O) groups is 2. The van der Waals surface area contributed by atoms with Crippen molar-refractivity contribution in [3.05, 3.63) is 0 Å². The van der Waals surface area contributed by atoms with E-state index in [1.807, 2.05) is 0 Å². The maximum absolute atomic E-state index is 11.3. The van der Waals surface area contributed by atoms with Crippen LogP contribution in [0.4, 0.5) is 4.79 Å². The molecule has 1 fully saturated rings. The number of aliphatic carboxylic acids is 1. The summed E-state index contributed by atoms with van der Waals surface area (Å²) in [5.74, 6) is -1.04. The molecule has 14 heavy (non-hydrogen) atoms. The topological polar surface area (TPSA) is 95.7 Å². The molecule has 2 amide bonds. The molecule has 1 heterocycles. The van der Waals surface area contributed by atoms with Gasteiger partial charge in [-0.05, 0) is 12.8 Å². The van der Waals surface area contributed by atoms with E-state index in [0.29, 0.717) is 13.1 Å². The van der Waals surface area contributed by atoms with Crippen LogP contribution in [0.5, 0.6) is 0 Å². The van der Waals surface area contributed by atoms with Crippen molar-refractivity contribution in [3.8, 4) is 0 Å². The van der Waals surface area contributed by atoms with Crippen molar-refractivity contribution in [1.29, 1.82) is 0 Å². The van der Waals surface area contributed by atoms with Gasteiger partial charge in [0, 0.05) is 19.1 Å². The molecule has 1 atom stereocenters. The first-order valence-corrected chi connectivity index (χ1v) is 4.59. The van der Waals surface area contributed by atoms with Crippen molar-refractivity contribution < 1.29 is 14.7 Å². The number of piperidine rings is 1. The second kappa shape index (κ2) is 4.80. The molecule has 1 saturated heterocycles. The first-order valence-electron chi connectivity index (χ1n) is 4.59. The number of carbonyl (C=O) groups excluding carboxylic acids is 1. The van der Waals surface area contributed by atoms with Crippen LogP contribution in [0.2, 0.25) is 0 Å². The third-order valence-electron chi connectivity index (χ3n) is 2.14. The van der Waals surface area contributed by atoms with Gasteiger partial charge < -0.3 is 21.1 Å². The van der Waals surface area contributed by atoms with E-state index in [9.17, 15) is 9.59 Å². The van der Waals surface area contributed by atoms with E-state index in [2.05, 4.69) is 5.32 Å². The minimum absolute atomic E-state index is 0.0133. The smallest absolute Gasteiger partial charge is 0.323 e. The Hall–Kier alpha value is -1.30. The van der Waals surface area contributed by atoms with Crippen molar-refractivity contribution >= 4 is 12.0 Å². The molecule has 6 nitrogen and oxygen atoms in total. The number of urea groups is 1. The highest BCUT2D eigenvalue weighted by Crippen LogP contribution is 2.07. The Kier molecular flexibility index (Phi) is 3.70. The maximum atomic E-state index is 11.3. The van der Waals surface area contributed by atoms with Crippen LogP contribution in [0.3, 0.4) is 0 Å². The molecule has 1 rings (SSSR count). The Morgan fingerprint density at radius 2 is 2.29 bits per heavy atom. The van der Waals surface area contributed by atoms with E-state index < -0.39 is 5.97 Å². The second-order valence-electron chi connectivity index (χ2n) is 3.40. The summed E-state index contributed by atoms with van der Waals surface area (Å²) in [4.78, 5) is 23.1. The van der Waals surface area contributed by atoms with Gasteiger partial charge in [0.2, 0.25) is 0 Å². The second-order valence-corrected chi connectivity index (χ2v) is 3.40. The van der Waals surface area contributed by atoms with Crippen molar-refractivity contribution in [2.45, 2.75) is 18.9 Å². The molecule has 0 aromatic carbocycles. The van der Waals surface area contributed by atoms with E-state index in [0.717, 1.165) is 12.8 Å². The molecule has 0 saturated carbocycles. The Bertz CT molecular complexity index is 232. The van der Waals surface area contributed by atoms with E-state index in [-0.39, 0.29) is 18.6 Å². The van der Waals surface area contributed by atoms with E-state index in [1.54, 1.807) is 4.90 Å². The molecular weight excluding hydrogens is 186 g/mol. The molecule has 0 aliphatic carbocycles. The van der Waals surface area contributed by atoms with E-state index in [4.69, 9.17) is 10.8 Å². The van der Waals surface area contributed by atoms with Crippen molar-refractivity contribution in [2.75, 3.05) is 19.6 Å². The van der Waals surface area contributed by atoms with Gasteiger partial charge in [0.1, 0.15) is 6.54 Å². The van der Waals surface area contributed by atoms with E-state index in [1.165, 1.54) is 0 Å². The van der Waals surface area contributed by atoms with Crippen LogP contribution in [0.25, 0.3) is 0 Å². The molecule has 0 aromatic rings. The molecule has 1 aliphatic heterocycles. The Morgan fingerprint density at radius 3 is 2.86 bits per heavy atom. The minimum Gasteiger partial charge on any atom is -0.480 e. The summed E-state index contributed by atoms with van der Waals surface area (Å²) in [7, 11) is 0. The average Bonchev–Trinajstić information content (AvgIpc) is 2.14. The number of nitrogens with two attached hydrogens (primary N) is 1. The zero-order valence-electron chi connectivity index (χ0n) is 7.90. The average molecular weight is 201 g/mol. The predicted octanol–water partition coefficient (Wildman–Crippen LogP) is -0.796. The van der Waals surface area contributed by atoms with Crippen LogP contribution in [-0.4, -0.2) is 47.7 Å². The zero-order valence-corrected chi connectivity index (χ0v) is 7.90. The predicted molar refractivity (Wildman–Crippen MR) is 49.8 cm³/mol. The van der Waals surface area contributed by atoms with E-state index >= 15 is 0 Å². The van der Waals surface area contributed by atoms with Crippen LogP contribution in [0, 0.1) is 0 Å². The van der Waals surface area contributed by atoms with Gasteiger partial charge in [0.15, 0.2) is 0 Å². The third kappa shape index (κ3) is 3.21. The first kappa shape index (κ1) is 10.8. The highest BCUT2D eigenvalue weighted by molar-refractivity contribution is 5.80. The lowest BCUT2D eigenvalue weighted by Crippen LogP contribution is -2.50. The minimum atomic E-state index is -1.04. The summed E-state index contributed by atoms with van der Waals surface area (Å²) in [5.41, 5.74) is 5.68. The number of nitrogens with zero attached hydrogens (tertiary/aromatic N) is 1. The van der Waals surface area contributed by atoms with Crippen molar-refractivity contribution in [3.63, 3.8) is 0 Å². The fraction of sp³-hybridized carbons (Fsp3) is 0.750. The van der Waals surface area contributed by atoms with Crippen LogP contribution in [0.15, 0.2) is 0 Å². The Labute approximate surface area is 82.1 Å². The number of carboxylic acid groups (broad SMARTS) is 1. The van der Waals surface area contributed by atoms with Gasteiger partial charge in [0.05, 0.1) is 0 Å². The maximum Gasteiger partial charge on any atom is 0.323 e. The SMILES string of the molecule is NC1CCCN(C(=O)NCC(=O)O)C1. The number of nitrogens with one attached hydrogen (secondary N) is 1. The molecule has 0 spiro atoms. The number of carboxylic acids is 1. The lowest BCUT2D eigenvalue weighted by atomic mass is 10.1. The molecule has 6 heteroatoms. The fourth-order valence-corrected chi connectivity index (χ4v) is 1.46. The molecule has 80 valence electrons. The zero-order chi connectivity index (χ0) is 10.6. The number of hydrogen-bond donors (Lipinski definition) is 3.